The summed E-state index contributed by atoms with van der Waals surface area (Å²) in [6.45, 7) is 16.3. The lowest BCUT2D eigenvalue weighted by Gasteiger charge is -2.20. The highest BCUT2D eigenvalue weighted by molar-refractivity contribution is 5.80. The average molecular weight is 317 g/mol. The van der Waals surface area contributed by atoms with Crippen LogP contribution in [0.1, 0.15) is 48.0 Å². The van der Waals surface area contributed by atoms with Crippen molar-refractivity contribution in [2.75, 3.05) is 46.2 Å². The van der Waals surface area contributed by atoms with Crippen molar-refractivity contribution in [3.63, 3.8) is 0 Å². The van der Waals surface area contributed by atoms with E-state index in [1.807, 2.05) is 20.8 Å². The third-order valence-corrected chi connectivity index (χ3v) is 2.64. The van der Waals surface area contributed by atoms with Gasteiger partial charge >= 0.3 is 0 Å². The van der Waals surface area contributed by atoms with Crippen molar-refractivity contribution in [3.8, 4) is 0 Å². The number of ether oxygens (including phenoxy) is 3. The highest BCUT2D eigenvalue weighted by Gasteiger charge is 2.15. The summed E-state index contributed by atoms with van der Waals surface area (Å²) in [6, 6.07) is 0. The predicted octanol–water partition coefficient (Wildman–Crippen LogP) is 2.43. The van der Waals surface area contributed by atoms with Crippen LogP contribution in [-0.2, 0) is 19.0 Å². The second kappa shape index (κ2) is 11.1. The molecule has 0 aliphatic rings. The summed E-state index contributed by atoms with van der Waals surface area (Å²) in [7, 11) is 0. The van der Waals surface area contributed by atoms with Crippen molar-refractivity contribution in [1.82, 2.24) is 5.32 Å². The van der Waals surface area contributed by atoms with E-state index in [1.54, 1.807) is 0 Å². The minimum atomic E-state index is 0.0239. The summed E-state index contributed by atoms with van der Waals surface area (Å²) >= 11 is 0. The zero-order valence-corrected chi connectivity index (χ0v) is 15.3. The standard InChI is InChI=1S/C17H35NO4/c1-16(2,3)13-15(19)14-22-12-11-21-10-9-20-8-7-18-17(4,5)6/h18H,7-14H2,1-6H3. The van der Waals surface area contributed by atoms with E-state index < -0.39 is 0 Å². The molecule has 22 heavy (non-hydrogen) atoms. The Labute approximate surface area is 136 Å². The topological polar surface area (TPSA) is 56.8 Å². The summed E-state index contributed by atoms with van der Waals surface area (Å²) in [5.41, 5.74) is 0.151. The summed E-state index contributed by atoms with van der Waals surface area (Å²) < 4.78 is 16.1. The molecule has 0 aromatic rings. The van der Waals surface area contributed by atoms with E-state index in [-0.39, 0.29) is 23.3 Å². The second-order valence-electron chi connectivity index (χ2n) is 7.73. The molecule has 0 rings (SSSR count). The molecule has 0 heterocycles. The number of hydrogen-bond donors (Lipinski definition) is 1. The Kier molecular flexibility index (Phi) is 10.9. The SMILES string of the molecule is CC(C)(C)CC(=O)COCCOCCOCCNC(C)(C)C. The molecule has 0 unspecified atom stereocenters. The fourth-order valence-corrected chi connectivity index (χ4v) is 1.77. The Hall–Kier alpha value is -0.490. The molecule has 5 heteroatoms. The largest absolute Gasteiger partial charge is 0.378 e. The molecule has 0 amide bonds. The van der Waals surface area contributed by atoms with Gasteiger partial charge in [0.25, 0.3) is 0 Å². The number of ketones is 1. The molecule has 0 aromatic carbocycles. The normalized spacial score (nSPS) is 12.6. The third-order valence-electron chi connectivity index (χ3n) is 2.64. The van der Waals surface area contributed by atoms with Crippen molar-refractivity contribution in [2.24, 2.45) is 5.41 Å². The van der Waals surface area contributed by atoms with Crippen molar-refractivity contribution in [2.45, 2.75) is 53.5 Å². The van der Waals surface area contributed by atoms with Gasteiger partial charge in [0.1, 0.15) is 6.61 Å². The molecule has 0 fully saturated rings. The second-order valence-corrected chi connectivity index (χ2v) is 7.73. The maximum Gasteiger partial charge on any atom is 0.158 e. The van der Waals surface area contributed by atoms with Crippen LogP contribution < -0.4 is 5.32 Å². The minimum Gasteiger partial charge on any atom is -0.378 e. The molecule has 0 aliphatic carbocycles. The predicted molar refractivity (Wildman–Crippen MR) is 89.3 cm³/mol. The van der Waals surface area contributed by atoms with Gasteiger partial charge in [-0.05, 0) is 26.2 Å². The van der Waals surface area contributed by atoms with Crippen molar-refractivity contribution >= 4 is 5.78 Å². The van der Waals surface area contributed by atoms with Gasteiger partial charge in [-0.2, -0.15) is 0 Å². The molecule has 5 nitrogen and oxygen atoms in total. The lowest BCUT2D eigenvalue weighted by Crippen LogP contribution is -2.38. The Bertz CT molecular complexity index is 292. The summed E-state index contributed by atoms with van der Waals surface area (Å²) in [6.07, 6.45) is 0.546. The number of Topliss-reactive ketones (excluding diaryl/α,β-unsaturated/α-hetero) is 1. The molecule has 0 saturated heterocycles. The number of carbonyl (C=O) groups excluding carboxylic acids is 1. The van der Waals surface area contributed by atoms with Crippen molar-refractivity contribution in [3.05, 3.63) is 0 Å². The zero-order chi connectivity index (χ0) is 17.1. The molecule has 0 aliphatic heterocycles. The van der Waals surface area contributed by atoms with Gasteiger partial charge in [0.05, 0.1) is 33.0 Å². The van der Waals surface area contributed by atoms with Crippen LogP contribution in [0.15, 0.2) is 0 Å². The first-order chi connectivity index (χ1) is 10.1. The maximum atomic E-state index is 11.6. The molecule has 0 saturated carbocycles. The molecule has 0 bridgehead atoms. The zero-order valence-electron chi connectivity index (χ0n) is 15.3. The van der Waals surface area contributed by atoms with Gasteiger partial charge in [0, 0.05) is 18.5 Å². The van der Waals surface area contributed by atoms with Crippen LogP contribution in [-0.4, -0.2) is 57.5 Å². The van der Waals surface area contributed by atoms with E-state index in [0.717, 1.165) is 6.54 Å². The van der Waals surface area contributed by atoms with E-state index >= 15 is 0 Å². The molecule has 0 aromatic heterocycles. The Balaban J connectivity index is 3.26. The van der Waals surface area contributed by atoms with Gasteiger partial charge in [-0.1, -0.05) is 20.8 Å². The highest BCUT2D eigenvalue weighted by Crippen LogP contribution is 2.18. The summed E-state index contributed by atoms with van der Waals surface area (Å²) in [4.78, 5) is 11.6. The fourth-order valence-electron chi connectivity index (χ4n) is 1.77. The lowest BCUT2D eigenvalue weighted by atomic mass is 9.90. The number of nitrogens with one attached hydrogen (secondary N) is 1. The average Bonchev–Trinajstić information content (AvgIpc) is 2.32. The van der Waals surface area contributed by atoms with E-state index in [2.05, 4.69) is 26.1 Å². The highest BCUT2D eigenvalue weighted by atomic mass is 16.5. The maximum absolute atomic E-state index is 11.6. The molecular weight excluding hydrogens is 282 g/mol. The number of carbonyl (C=O) groups is 1. The van der Waals surface area contributed by atoms with Gasteiger partial charge in [0.2, 0.25) is 0 Å². The summed E-state index contributed by atoms with van der Waals surface area (Å²) in [5, 5.41) is 3.35. The van der Waals surface area contributed by atoms with Crippen LogP contribution in [0.5, 0.6) is 0 Å². The number of rotatable bonds is 12. The van der Waals surface area contributed by atoms with Crippen LogP contribution in [0.25, 0.3) is 0 Å². The van der Waals surface area contributed by atoms with Gasteiger partial charge in [-0.25, -0.2) is 0 Å². The summed E-state index contributed by atoms with van der Waals surface area (Å²) in [5.74, 6) is 0.141. The van der Waals surface area contributed by atoms with E-state index in [1.165, 1.54) is 0 Å². The first-order valence-electron chi connectivity index (χ1n) is 8.10. The molecule has 132 valence electrons. The smallest absolute Gasteiger partial charge is 0.158 e. The van der Waals surface area contributed by atoms with Crippen molar-refractivity contribution < 1.29 is 19.0 Å². The lowest BCUT2D eigenvalue weighted by molar-refractivity contribution is -0.125. The van der Waals surface area contributed by atoms with Gasteiger partial charge < -0.3 is 19.5 Å². The molecule has 0 spiro atoms. The fraction of sp³-hybridized carbons (Fsp3) is 0.941. The van der Waals surface area contributed by atoms with Gasteiger partial charge in [0.15, 0.2) is 5.78 Å². The Morgan fingerprint density at radius 2 is 1.32 bits per heavy atom. The van der Waals surface area contributed by atoms with Crippen LogP contribution in [0.2, 0.25) is 0 Å². The molecule has 0 radical (unpaired) electrons. The monoisotopic (exact) mass is 317 g/mol. The molecule has 0 atom stereocenters. The van der Waals surface area contributed by atoms with Crippen LogP contribution >= 0.6 is 0 Å². The van der Waals surface area contributed by atoms with E-state index in [9.17, 15) is 4.79 Å². The van der Waals surface area contributed by atoms with Crippen LogP contribution in [0.3, 0.4) is 0 Å². The quantitative estimate of drug-likeness (QED) is 0.560. The first-order valence-corrected chi connectivity index (χ1v) is 8.10. The van der Waals surface area contributed by atoms with Crippen molar-refractivity contribution in [1.29, 1.82) is 0 Å². The van der Waals surface area contributed by atoms with Gasteiger partial charge in [-0.3, -0.25) is 4.79 Å². The Morgan fingerprint density at radius 1 is 0.818 bits per heavy atom. The first kappa shape index (κ1) is 21.5. The van der Waals surface area contributed by atoms with E-state index in [4.69, 9.17) is 14.2 Å². The molecule has 1 N–H and O–H groups in total. The van der Waals surface area contributed by atoms with Crippen LogP contribution in [0.4, 0.5) is 0 Å². The molecular formula is C17H35NO4. The van der Waals surface area contributed by atoms with Gasteiger partial charge in [-0.15, -0.1) is 0 Å². The minimum absolute atomic E-state index is 0.0239. The number of hydrogen-bond acceptors (Lipinski definition) is 5. The van der Waals surface area contributed by atoms with Crippen LogP contribution in [0, 0.1) is 5.41 Å². The third kappa shape index (κ3) is 17.6. The van der Waals surface area contributed by atoms with E-state index in [0.29, 0.717) is 39.5 Å². The Morgan fingerprint density at radius 3 is 1.82 bits per heavy atom.